The van der Waals surface area contributed by atoms with Gasteiger partial charge in [0.2, 0.25) is 5.91 Å². The molecule has 82 valence electrons. The molecule has 1 saturated carbocycles. The molecule has 0 saturated heterocycles. The molecule has 15 heavy (non-hydrogen) atoms. The first-order valence-corrected chi connectivity index (χ1v) is 5.17. The highest BCUT2D eigenvalue weighted by atomic mass is 16.3. The minimum atomic E-state index is 0.127. The number of aromatic nitrogens is 1. The summed E-state index contributed by atoms with van der Waals surface area (Å²) in [5, 5.41) is 2.88. The van der Waals surface area contributed by atoms with Crippen LogP contribution in [0.2, 0.25) is 0 Å². The summed E-state index contributed by atoms with van der Waals surface area (Å²) in [7, 11) is 0. The lowest BCUT2D eigenvalue weighted by atomic mass is 10.1. The van der Waals surface area contributed by atoms with Crippen molar-refractivity contribution in [3.63, 3.8) is 0 Å². The Morgan fingerprint density at radius 2 is 2.40 bits per heavy atom. The summed E-state index contributed by atoms with van der Waals surface area (Å²) in [6, 6.07) is 0. The molecular weight excluding hydrogens is 192 g/mol. The van der Waals surface area contributed by atoms with Crippen molar-refractivity contribution in [3.05, 3.63) is 17.8 Å². The van der Waals surface area contributed by atoms with Gasteiger partial charge in [0, 0.05) is 5.92 Å². The standard InChI is InChI=1S/C11H16N2O2/c1-7-9(13-6-15-7)5-12-10(14)8-4-11(8,2)3/h6,8H,4-5H2,1-3H3,(H,12,14). The van der Waals surface area contributed by atoms with Crippen molar-refractivity contribution in [1.82, 2.24) is 10.3 Å². The van der Waals surface area contributed by atoms with E-state index in [-0.39, 0.29) is 17.2 Å². The van der Waals surface area contributed by atoms with Gasteiger partial charge in [-0.3, -0.25) is 4.79 Å². The van der Waals surface area contributed by atoms with E-state index in [0.29, 0.717) is 6.54 Å². The van der Waals surface area contributed by atoms with E-state index in [2.05, 4.69) is 24.1 Å². The van der Waals surface area contributed by atoms with Crippen LogP contribution < -0.4 is 5.32 Å². The van der Waals surface area contributed by atoms with Gasteiger partial charge in [-0.15, -0.1) is 0 Å². The van der Waals surface area contributed by atoms with Crippen LogP contribution in [0.15, 0.2) is 10.8 Å². The molecule has 1 N–H and O–H groups in total. The normalized spacial score (nSPS) is 22.5. The Morgan fingerprint density at radius 3 is 2.87 bits per heavy atom. The predicted octanol–water partition coefficient (Wildman–Crippen LogP) is 1.65. The molecule has 4 nitrogen and oxygen atoms in total. The minimum absolute atomic E-state index is 0.127. The summed E-state index contributed by atoms with van der Waals surface area (Å²) in [6.07, 6.45) is 2.38. The highest BCUT2D eigenvalue weighted by Crippen LogP contribution is 2.51. The molecule has 1 aromatic rings. The molecule has 0 bridgehead atoms. The molecule has 1 fully saturated rings. The van der Waals surface area contributed by atoms with Gasteiger partial charge < -0.3 is 9.73 Å². The average Bonchev–Trinajstić information content (AvgIpc) is 2.61. The van der Waals surface area contributed by atoms with E-state index in [4.69, 9.17) is 4.42 Å². The monoisotopic (exact) mass is 208 g/mol. The van der Waals surface area contributed by atoms with Crippen LogP contribution in [0.25, 0.3) is 0 Å². The number of amides is 1. The van der Waals surface area contributed by atoms with Gasteiger partial charge in [0.25, 0.3) is 0 Å². The zero-order valence-electron chi connectivity index (χ0n) is 9.33. The number of nitrogens with zero attached hydrogens (tertiary/aromatic N) is 1. The van der Waals surface area contributed by atoms with Gasteiger partial charge >= 0.3 is 0 Å². The van der Waals surface area contributed by atoms with Crippen LogP contribution in [-0.4, -0.2) is 10.9 Å². The Bertz CT molecular complexity index is 382. The largest absolute Gasteiger partial charge is 0.448 e. The first-order valence-electron chi connectivity index (χ1n) is 5.17. The molecule has 1 atom stereocenters. The molecule has 1 aliphatic rings. The topological polar surface area (TPSA) is 55.1 Å². The first kappa shape index (κ1) is 10.2. The number of hydrogen-bond acceptors (Lipinski definition) is 3. The van der Waals surface area contributed by atoms with E-state index in [0.717, 1.165) is 17.9 Å². The highest BCUT2D eigenvalue weighted by Gasteiger charge is 2.50. The summed E-state index contributed by atoms with van der Waals surface area (Å²) in [5.74, 6) is 1.07. The van der Waals surface area contributed by atoms with E-state index in [1.165, 1.54) is 6.39 Å². The second-order valence-electron chi connectivity index (χ2n) is 4.82. The Kier molecular flexibility index (Phi) is 2.29. The Balaban J connectivity index is 1.85. The van der Waals surface area contributed by atoms with Crippen LogP contribution in [0.5, 0.6) is 0 Å². The fourth-order valence-electron chi connectivity index (χ4n) is 1.71. The lowest BCUT2D eigenvalue weighted by Crippen LogP contribution is -2.26. The van der Waals surface area contributed by atoms with Crippen molar-refractivity contribution in [3.8, 4) is 0 Å². The number of carbonyl (C=O) groups excluding carboxylic acids is 1. The zero-order chi connectivity index (χ0) is 11.1. The maximum atomic E-state index is 11.7. The van der Waals surface area contributed by atoms with Gasteiger partial charge in [-0.05, 0) is 18.8 Å². The lowest BCUT2D eigenvalue weighted by molar-refractivity contribution is -0.123. The molecule has 1 amide bonds. The van der Waals surface area contributed by atoms with Gasteiger partial charge in [-0.1, -0.05) is 13.8 Å². The number of hydrogen-bond donors (Lipinski definition) is 1. The molecular formula is C11H16N2O2. The van der Waals surface area contributed by atoms with Crippen molar-refractivity contribution >= 4 is 5.91 Å². The summed E-state index contributed by atoms with van der Waals surface area (Å²) < 4.78 is 5.05. The highest BCUT2D eigenvalue weighted by molar-refractivity contribution is 5.82. The number of carbonyl (C=O) groups is 1. The summed E-state index contributed by atoms with van der Waals surface area (Å²) in [4.78, 5) is 15.7. The van der Waals surface area contributed by atoms with Crippen LogP contribution in [0.3, 0.4) is 0 Å². The number of oxazole rings is 1. The summed E-state index contributed by atoms with van der Waals surface area (Å²) in [6.45, 7) is 6.53. The van der Waals surface area contributed by atoms with Crippen LogP contribution in [0.4, 0.5) is 0 Å². The number of nitrogens with one attached hydrogen (secondary N) is 1. The molecule has 0 radical (unpaired) electrons. The predicted molar refractivity (Wildman–Crippen MR) is 55.0 cm³/mol. The summed E-state index contributed by atoms with van der Waals surface area (Å²) in [5.41, 5.74) is 0.991. The fraction of sp³-hybridized carbons (Fsp3) is 0.636. The molecule has 1 aliphatic carbocycles. The zero-order valence-corrected chi connectivity index (χ0v) is 9.33. The quantitative estimate of drug-likeness (QED) is 0.821. The van der Waals surface area contributed by atoms with Gasteiger partial charge in [0.15, 0.2) is 6.39 Å². The number of aryl methyl sites for hydroxylation is 1. The molecule has 1 aromatic heterocycles. The third kappa shape index (κ3) is 2.03. The van der Waals surface area contributed by atoms with Gasteiger partial charge in [0.1, 0.15) is 11.5 Å². The Morgan fingerprint density at radius 1 is 1.73 bits per heavy atom. The van der Waals surface area contributed by atoms with Crippen LogP contribution in [0.1, 0.15) is 31.7 Å². The van der Waals surface area contributed by atoms with Crippen molar-refractivity contribution in [2.45, 2.75) is 33.7 Å². The van der Waals surface area contributed by atoms with E-state index in [1.807, 2.05) is 6.92 Å². The smallest absolute Gasteiger partial charge is 0.223 e. The molecule has 1 heterocycles. The average molecular weight is 208 g/mol. The van der Waals surface area contributed by atoms with Crippen LogP contribution in [0, 0.1) is 18.3 Å². The van der Waals surface area contributed by atoms with E-state index < -0.39 is 0 Å². The Labute approximate surface area is 89.1 Å². The van der Waals surface area contributed by atoms with Gasteiger partial charge in [-0.25, -0.2) is 4.98 Å². The van der Waals surface area contributed by atoms with Crippen LogP contribution >= 0.6 is 0 Å². The Hall–Kier alpha value is -1.32. The van der Waals surface area contributed by atoms with Crippen LogP contribution in [-0.2, 0) is 11.3 Å². The maximum absolute atomic E-state index is 11.7. The van der Waals surface area contributed by atoms with Crippen molar-refractivity contribution in [2.24, 2.45) is 11.3 Å². The van der Waals surface area contributed by atoms with E-state index in [9.17, 15) is 4.79 Å². The van der Waals surface area contributed by atoms with Gasteiger partial charge in [-0.2, -0.15) is 0 Å². The van der Waals surface area contributed by atoms with Crippen molar-refractivity contribution in [2.75, 3.05) is 0 Å². The summed E-state index contributed by atoms with van der Waals surface area (Å²) >= 11 is 0. The lowest BCUT2D eigenvalue weighted by Gasteiger charge is -2.04. The maximum Gasteiger partial charge on any atom is 0.223 e. The molecule has 4 heteroatoms. The van der Waals surface area contributed by atoms with E-state index >= 15 is 0 Å². The third-order valence-corrected chi connectivity index (χ3v) is 3.10. The fourth-order valence-corrected chi connectivity index (χ4v) is 1.71. The van der Waals surface area contributed by atoms with E-state index in [1.54, 1.807) is 0 Å². The second kappa shape index (κ2) is 3.36. The number of rotatable bonds is 3. The molecule has 0 aliphatic heterocycles. The first-order chi connectivity index (χ1) is 7.00. The third-order valence-electron chi connectivity index (χ3n) is 3.10. The molecule has 2 rings (SSSR count). The van der Waals surface area contributed by atoms with Crippen molar-refractivity contribution < 1.29 is 9.21 Å². The van der Waals surface area contributed by atoms with Gasteiger partial charge in [0.05, 0.1) is 6.54 Å². The SMILES string of the molecule is Cc1ocnc1CNC(=O)C1CC1(C)C. The minimum Gasteiger partial charge on any atom is -0.448 e. The molecule has 1 unspecified atom stereocenters. The second-order valence-corrected chi connectivity index (χ2v) is 4.82. The van der Waals surface area contributed by atoms with Crippen molar-refractivity contribution in [1.29, 1.82) is 0 Å². The molecule has 0 aromatic carbocycles. The molecule has 0 spiro atoms.